The van der Waals surface area contributed by atoms with Crippen molar-refractivity contribution in [2.24, 2.45) is 0 Å². The number of thioether (sulfide) groups is 1. The lowest BCUT2D eigenvalue weighted by Crippen LogP contribution is -2.22. The minimum Gasteiger partial charge on any atom is -0.484 e. The maximum Gasteiger partial charge on any atom is 0.253 e. The highest BCUT2D eigenvalue weighted by Crippen LogP contribution is 2.19. The van der Waals surface area contributed by atoms with E-state index in [0.29, 0.717) is 17.5 Å². The lowest BCUT2D eigenvalue weighted by molar-refractivity contribution is -0.115. The molecule has 1 aromatic heterocycles. The SMILES string of the molecule is CCCCSC(C)C(=O)Nc1ccc(OCc2nnc(C)o2)cc1. The summed E-state index contributed by atoms with van der Waals surface area (Å²) in [5, 5.41) is 10.5. The van der Waals surface area contributed by atoms with Crippen LogP contribution in [0, 0.1) is 6.92 Å². The van der Waals surface area contributed by atoms with Gasteiger partial charge in [-0.15, -0.1) is 22.0 Å². The van der Waals surface area contributed by atoms with Gasteiger partial charge in [0, 0.05) is 12.6 Å². The summed E-state index contributed by atoms with van der Waals surface area (Å²) in [5.74, 6) is 2.65. The van der Waals surface area contributed by atoms with Gasteiger partial charge in [-0.25, -0.2) is 0 Å². The summed E-state index contributed by atoms with van der Waals surface area (Å²) >= 11 is 1.68. The zero-order valence-corrected chi connectivity index (χ0v) is 15.1. The molecule has 0 aliphatic carbocycles. The van der Waals surface area contributed by atoms with Crippen LogP contribution in [0.25, 0.3) is 0 Å². The number of hydrogen-bond donors (Lipinski definition) is 1. The van der Waals surface area contributed by atoms with Crippen molar-refractivity contribution in [3.05, 3.63) is 36.0 Å². The third-order valence-corrected chi connectivity index (χ3v) is 4.53. The molecule has 0 aliphatic heterocycles. The number of ether oxygens (including phenoxy) is 1. The molecule has 1 N–H and O–H groups in total. The van der Waals surface area contributed by atoms with E-state index in [2.05, 4.69) is 22.4 Å². The van der Waals surface area contributed by atoms with Crippen LogP contribution in [0.15, 0.2) is 28.7 Å². The Hall–Kier alpha value is -2.02. The Labute approximate surface area is 146 Å². The molecule has 130 valence electrons. The highest BCUT2D eigenvalue weighted by atomic mass is 32.2. The number of unbranched alkanes of at least 4 members (excludes halogenated alkanes) is 1. The summed E-state index contributed by atoms with van der Waals surface area (Å²) in [7, 11) is 0. The van der Waals surface area contributed by atoms with Gasteiger partial charge < -0.3 is 14.5 Å². The van der Waals surface area contributed by atoms with Gasteiger partial charge in [-0.2, -0.15) is 0 Å². The van der Waals surface area contributed by atoms with Crippen molar-refractivity contribution in [1.82, 2.24) is 10.2 Å². The van der Waals surface area contributed by atoms with E-state index < -0.39 is 0 Å². The summed E-state index contributed by atoms with van der Waals surface area (Å²) in [6, 6.07) is 7.23. The smallest absolute Gasteiger partial charge is 0.253 e. The van der Waals surface area contributed by atoms with Crippen molar-refractivity contribution in [3.8, 4) is 5.75 Å². The molecule has 6 nitrogen and oxygen atoms in total. The topological polar surface area (TPSA) is 77.2 Å². The number of rotatable bonds is 9. The summed E-state index contributed by atoms with van der Waals surface area (Å²) in [5.41, 5.74) is 0.754. The minimum atomic E-state index is -0.0618. The number of hydrogen-bond acceptors (Lipinski definition) is 6. The predicted octanol–water partition coefficient (Wildman–Crippen LogP) is 3.82. The quantitative estimate of drug-likeness (QED) is 0.694. The standard InChI is InChI=1S/C17H23N3O3S/c1-4-5-10-24-12(2)17(21)18-14-6-8-15(9-7-14)22-11-16-20-19-13(3)23-16/h6-9,12H,4-5,10-11H2,1-3H3,(H,18,21). The Balaban J connectivity index is 1.79. The molecule has 0 spiro atoms. The molecule has 2 rings (SSSR count). The number of nitrogens with one attached hydrogen (secondary N) is 1. The van der Waals surface area contributed by atoms with Crippen molar-refractivity contribution >= 4 is 23.4 Å². The molecular weight excluding hydrogens is 326 g/mol. The Morgan fingerprint density at radius 2 is 2.08 bits per heavy atom. The molecule has 1 atom stereocenters. The van der Waals surface area contributed by atoms with Gasteiger partial charge in [0.2, 0.25) is 11.8 Å². The fourth-order valence-corrected chi connectivity index (χ4v) is 2.92. The molecule has 1 amide bonds. The van der Waals surface area contributed by atoms with Gasteiger partial charge in [-0.1, -0.05) is 13.3 Å². The lowest BCUT2D eigenvalue weighted by atomic mass is 10.3. The van der Waals surface area contributed by atoms with E-state index in [-0.39, 0.29) is 17.8 Å². The molecule has 1 unspecified atom stereocenters. The second-order valence-electron chi connectivity index (χ2n) is 5.38. The Morgan fingerprint density at radius 1 is 1.33 bits per heavy atom. The first-order valence-corrected chi connectivity index (χ1v) is 9.07. The molecule has 0 saturated carbocycles. The predicted molar refractivity (Wildman–Crippen MR) is 95.3 cm³/mol. The molecule has 0 aliphatic rings. The van der Waals surface area contributed by atoms with E-state index in [4.69, 9.17) is 9.15 Å². The molecule has 24 heavy (non-hydrogen) atoms. The summed E-state index contributed by atoms with van der Waals surface area (Å²) in [4.78, 5) is 12.1. The van der Waals surface area contributed by atoms with Gasteiger partial charge in [-0.05, 0) is 43.4 Å². The maximum atomic E-state index is 12.1. The van der Waals surface area contributed by atoms with Gasteiger partial charge >= 0.3 is 0 Å². The van der Waals surface area contributed by atoms with Crippen molar-refractivity contribution in [3.63, 3.8) is 0 Å². The molecule has 0 fully saturated rings. The molecule has 7 heteroatoms. The first-order valence-electron chi connectivity index (χ1n) is 8.02. The number of aryl methyl sites for hydroxylation is 1. The highest BCUT2D eigenvalue weighted by Gasteiger charge is 2.13. The van der Waals surface area contributed by atoms with Gasteiger partial charge in [0.25, 0.3) is 5.89 Å². The number of carbonyl (C=O) groups excluding carboxylic acids is 1. The zero-order chi connectivity index (χ0) is 17.4. The van der Waals surface area contributed by atoms with Crippen LogP contribution in [0.1, 0.15) is 38.5 Å². The minimum absolute atomic E-state index is 0.0195. The third kappa shape index (κ3) is 5.88. The lowest BCUT2D eigenvalue weighted by Gasteiger charge is -2.12. The molecule has 1 aromatic carbocycles. The normalized spacial score (nSPS) is 12.0. The Bertz CT molecular complexity index is 643. The van der Waals surface area contributed by atoms with E-state index in [1.165, 1.54) is 0 Å². The summed E-state index contributed by atoms with van der Waals surface area (Å²) < 4.78 is 10.8. The molecule has 1 heterocycles. The van der Waals surface area contributed by atoms with E-state index >= 15 is 0 Å². The summed E-state index contributed by atoms with van der Waals surface area (Å²) in [6.07, 6.45) is 2.28. The van der Waals surface area contributed by atoms with Crippen LogP contribution in [0.2, 0.25) is 0 Å². The number of anilines is 1. The van der Waals surface area contributed by atoms with Crippen LogP contribution < -0.4 is 10.1 Å². The maximum absolute atomic E-state index is 12.1. The summed E-state index contributed by atoms with van der Waals surface area (Å²) in [6.45, 7) is 6.03. The van der Waals surface area contributed by atoms with Crippen molar-refractivity contribution in [1.29, 1.82) is 0 Å². The van der Waals surface area contributed by atoms with Gasteiger partial charge in [0.1, 0.15) is 5.75 Å². The largest absolute Gasteiger partial charge is 0.484 e. The van der Waals surface area contributed by atoms with Gasteiger partial charge in [0.15, 0.2) is 6.61 Å². The molecule has 0 radical (unpaired) electrons. The fourth-order valence-electron chi connectivity index (χ4n) is 1.90. The van der Waals surface area contributed by atoms with Gasteiger partial charge in [0.05, 0.1) is 5.25 Å². The number of nitrogens with zero attached hydrogens (tertiary/aromatic N) is 2. The van der Waals surface area contributed by atoms with Crippen molar-refractivity contribution in [2.75, 3.05) is 11.1 Å². The average Bonchev–Trinajstić information content (AvgIpc) is 2.99. The van der Waals surface area contributed by atoms with Crippen LogP contribution in [0.5, 0.6) is 5.75 Å². The van der Waals surface area contributed by atoms with Crippen LogP contribution in [-0.2, 0) is 11.4 Å². The van der Waals surface area contributed by atoms with Gasteiger partial charge in [-0.3, -0.25) is 4.79 Å². The first kappa shape index (κ1) is 18.3. The Morgan fingerprint density at radius 3 is 2.71 bits per heavy atom. The number of amides is 1. The van der Waals surface area contributed by atoms with Crippen molar-refractivity contribution in [2.45, 2.75) is 45.5 Å². The number of benzene rings is 1. The number of aromatic nitrogens is 2. The van der Waals surface area contributed by atoms with Crippen LogP contribution in [-0.4, -0.2) is 27.1 Å². The van der Waals surface area contributed by atoms with E-state index in [9.17, 15) is 4.79 Å². The molecule has 2 aromatic rings. The van der Waals surface area contributed by atoms with Crippen molar-refractivity contribution < 1.29 is 13.9 Å². The second-order valence-corrected chi connectivity index (χ2v) is 6.83. The fraction of sp³-hybridized carbons (Fsp3) is 0.471. The number of carbonyl (C=O) groups is 1. The zero-order valence-electron chi connectivity index (χ0n) is 14.2. The average molecular weight is 349 g/mol. The highest BCUT2D eigenvalue weighted by molar-refractivity contribution is 8.00. The molecule has 0 bridgehead atoms. The van der Waals surface area contributed by atoms with Crippen LogP contribution in [0.3, 0.4) is 0 Å². The second kappa shape index (κ2) is 9.32. The first-order chi connectivity index (χ1) is 11.6. The van der Waals surface area contributed by atoms with E-state index in [1.54, 1.807) is 30.8 Å². The molecular formula is C17H23N3O3S. The van der Waals surface area contributed by atoms with E-state index in [0.717, 1.165) is 24.3 Å². The van der Waals surface area contributed by atoms with E-state index in [1.807, 2.05) is 19.1 Å². The molecule has 0 saturated heterocycles. The third-order valence-electron chi connectivity index (χ3n) is 3.29. The van der Waals surface area contributed by atoms with Crippen LogP contribution in [0.4, 0.5) is 5.69 Å². The Kier molecular flexibility index (Phi) is 7.11. The van der Waals surface area contributed by atoms with Crippen LogP contribution >= 0.6 is 11.8 Å². The monoisotopic (exact) mass is 349 g/mol.